The van der Waals surface area contributed by atoms with E-state index in [1.165, 1.54) is 24.9 Å². The van der Waals surface area contributed by atoms with Gasteiger partial charge in [0.2, 0.25) is 0 Å². The van der Waals surface area contributed by atoms with Crippen LogP contribution in [0.5, 0.6) is 0 Å². The first-order valence-electron chi connectivity index (χ1n) is 5.03. The Kier molecular flexibility index (Phi) is 2.98. The minimum atomic E-state index is 1.11. The minimum absolute atomic E-state index is 1.11. The van der Waals surface area contributed by atoms with Crippen molar-refractivity contribution in [3.8, 4) is 0 Å². The molecule has 1 nitrogen and oxygen atoms in total. The van der Waals surface area contributed by atoms with Gasteiger partial charge in [-0.1, -0.05) is 30.3 Å². The molecule has 0 saturated carbocycles. The molecule has 1 aliphatic rings. The van der Waals surface area contributed by atoms with E-state index in [1.54, 1.807) is 0 Å². The number of hydrogen-bond acceptors (Lipinski definition) is 1. The van der Waals surface area contributed by atoms with Crippen LogP contribution in [0.4, 0.5) is 0 Å². The summed E-state index contributed by atoms with van der Waals surface area (Å²) in [7, 11) is 0. The predicted molar refractivity (Wildman–Crippen MR) is 55.3 cm³/mol. The van der Waals surface area contributed by atoms with Crippen LogP contribution in [-0.4, -0.2) is 18.0 Å². The van der Waals surface area contributed by atoms with Gasteiger partial charge in [-0.05, 0) is 31.4 Å². The standard InChI is InChI=1S/C12H16N/c1-3-7-12(8-4-1)11-13-9-5-2-6-10-13/h1,3-5,7-8H,2,6,9-11H2. The van der Waals surface area contributed by atoms with Crippen LogP contribution < -0.4 is 0 Å². The molecule has 0 amide bonds. The summed E-state index contributed by atoms with van der Waals surface area (Å²) < 4.78 is 0. The van der Waals surface area contributed by atoms with Gasteiger partial charge in [0.05, 0.1) is 0 Å². The van der Waals surface area contributed by atoms with Crippen molar-refractivity contribution in [1.82, 2.24) is 4.90 Å². The summed E-state index contributed by atoms with van der Waals surface area (Å²) >= 11 is 0. The van der Waals surface area contributed by atoms with Gasteiger partial charge in [-0.3, -0.25) is 4.90 Å². The Morgan fingerprint density at radius 2 is 2.00 bits per heavy atom. The molecule has 0 aliphatic carbocycles. The molecule has 69 valence electrons. The maximum atomic E-state index is 2.50. The third kappa shape index (κ3) is 2.56. The summed E-state index contributed by atoms with van der Waals surface area (Å²) in [4.78, 5) is 2.50. The summed E-state index contributed by atoms with van der Waals surface area (Å²) in [5.74, 6) is 0. The van der Waals surface area contributed by atoms with Crippen molar-refractivity contribution in [3.05, 3.63) is 42.3 Å². The van der Waals surface area contributed by atoms with Crippen LogP contribution in [0.1, 0.15) is 18.4 Å². The van der Waals surface area contributed by atoms with E-state index in [-0.39, 0.29) is 0 Å². The van der Waals surface area contributed by atoms with Crippen molar-refractivity contribution >= 4 is 0 Å². The smallest absolute Gasteiger partial charge is 0.0233 e. The SMILES string of the molecule is [CH]1CCCN(Cc2ccccc2)C1. The van der Waals surface area contributed by atoms with Gasteiger partial charge in [0.25, 0.3) is 0 Å². The van der Waals surface area contributed by atoms with E-state index in [1.807, 2.05) is 0 Å². The van der Waals surface area contributed by atoms with Crippen molar-refractivity contribution in [1.29, 1.82) is 0 Å². The van der Waals surface area contributed by atoms with Crippen LogP contribution in [-0.2, 0) is 6.54 Å². The van der Waals surface area contributed by atoms with Gasteiger partial charge in [-0.2, -0.15) is 0 Å². The average Bonchev–Trinajstić information content (AvgIpc) is 2.21. The van der Waals surface area contributed by atoms with E-state index < -0.39 is 0 Å². The third-order valence-electron chi connectivity index (χ3n) is 2.52. The second kappa shape index (κ2) is 4.43. The molecule has 0 bridgehead atoms. The number of rotatable bonds is 2. The lowest BCUT2D eigenvalue weighted by Gasteiger charge is -2.26. The molecule has 0 atom stereocenters. The quantitative estimate of drug-likeness (QED) is 0.666. The molecule has 1 fully saturated rings. The highest BCUT2D eigenvalue weighted by Crippen LogP contribution is 2.11. The maximum Gasteiger partial charge on any atom is 0.0233 e. The molecule has 0 aromatic heterocycles. The molecule has 0 spiro atoms. The Hall–Kier alpha value is -0.820. The highest BCUT2D eigenvalue weighted by Gasteiger charge is 2.09. The molecule has 1 aliphatic heterocycles. The molecule has 2 rings (SSSR count). The number of nitrogens with zero attached hydrogens (tertiary/aromatic N) is 1. The fraction of sp³-hybridized carbons (Fsp3) is 0.417. The van der Waals surface area contributed by atoms with E-state index in [9.17, 15) is 0 Å². The summed E-state index contributed by atoms with van der Waals surface area (Å²) in [5, 5.41) is 0. The van der Waals surface area contributed by atoms with E-state index in [4.69, 9.17) is 0 Å². The summed E-state index contributed by atoms with van der Waals surface area (Å²) in [5.41, 5.74) is 1.43. The van der Waals surface area contributed by atoms with Crippen LogP contribution in [0, 0.1) is 6.42 Å². The molecule has 1 heteroatoms. The van der Waals surface area contributed by atoms with Gasteiger partial charge in [-0.15, -0.1) is 0 Å². The van der Waals surface area contributed by atoms with E-state index >= 15 is 0 Å². The van der Waals surface area contributed by atoms with Crippen molar-refractivity contribution in [2.45, 2.75) is 19.4 Å². The fourth-order valence-corrected chi connectivity index (χ4v) is 1.81. The van der Waals surface area contributed by atoms with E-state index in [0.29, 0.717) is 0 Å². The normalized spacial score (nSPS) is 18.8. The first-order chi connectivity index (χ1) is 6.45. The largest absolute Gasteiger partial charge is 0.299 e. The Morgan fingerprint density at radius 1 is 1.15 bits per heavy atom. The summed E-state index contributed by atoms with van der Waals surface area (Å²) in [6, 6.07) is 10.7. The van der Waals surface area contributed by atoms with Gasteiger partial charge in [0.15, 0.2) is 0 Å². The number of benzene rings is 1. The summed E-state index contributed by atoms with van der Waals surface area (Å²) in [6.45, 7) is 3.53. The molecule has 0 N–H and O–H groups in total. The molecule has 1 saturated heterocycles. The Balaban J connectivity index is 1.90. The van der Waals surface area contributed by atoms with Gasteiger partial charge < -0.3 is 0 Å². The molecule has 1 heterocycles. The van der Waals surface area contributed by atoms with Gasteiger partial charge in [0.1, 0.15) is 0 Å². The monoisotopic (exact) mass is 174 g/mol. The molecular weight excluding hydrogens is 158 g/mol. The lowest BCUT2D eigenvalue weighted by atomic mass is 10.1. The van der Waals surface area contributed by atoms with Crippen LogP contribution in [0.2, 0.25) is 0 Å². The Bertz CT molecular complexity index is 237. The molecule has 1 aromatic rings. The molecule has 13 heavy (non-hydrogen) atoms. The maximum absolute atomic E-state index is 2.50. The molecule has 1 aromatic carbocycles. The number of hydrogen-bond donors (Lipinski definition) is 0. The number of likely N-dealkylation sites (tertiary alicyclic amines) is 1. The zero-order valence-corrected chi connectivity index (χ0v) is 7.95. The second-order valence-electron chi connectivity index (χ2n) is 3.65. The topological polar surface area (TPSA) is 3.24 Å². The highest BCUT2D eigenvalue weighted by atomic mass is 15.1. The lowest BCUT2D eigenvalue weighted by molar-refractivity contribution is 0.254. The van der Waals surface area contributed by atoms with Gasteiger partial charge in [0, 0.05) is 13.1 Å². The Morgan fingerprint density at radius 3 is 2.69 bits per heavy atom. The minimum Gasteiger partial charge on any atom is -0.299 e. The van der Waals surface area contributed by atoms with E-state index in [2.05, 4.69) is 41.7 Å². The summed E-state index contributed by atoms with van der Waals surface area (Å²) in [6.07, 6.45) is 5.00. The Labute approximate surface area is 80.4 Å². The zero-order chi connectivity index (χ0) is 8.93. The van der Waals surface area contributed by atoms with Crippen molar-refractivity contribution in [3.63, 3.8) is 0 Å². The van der Waals surface area contributed by atoms with Crippen LogP contribution in [0.15, 0.2) is 30.3 Å². The van der Waals surface area contributed by atoms with Crippen molar-refractivity contribution in [2.75, 3.05) is 13.1 Å². The van der Waals surface area contributed by atoms with E-state index in [0.717, 1.165) is 13.1 Å². The first kappa shape index (κ1) is 8.76. The molecule has 0 unspecified atom stereocenters. The fourth-order valence-electron chi connectivity index (χ4n) is 1.81. The lowest BCUT2D eigenvalue weighted by Crippen LogP contribution is -2.29. The predicted octanol–water partition coefficient (Wildman–Crippen LogP) is 2.49. The van der Waals surface area contributed by atoms with Crippen molar-refractivity contribution < 1.29 is 0 Å². The van der Waals surface area contributed by atoms with Crippen LogP contribution >= 0.6 is 0 Å². The third-order valence-corrected chi connectivity index (χ3v) is 2.52. The first-order valence-corrected chi connectivity index (χ1v) is 5.03. The average molecular weight is 174 g/mol. The molecular formula is C12H16N. The molecule has 1 radical (unpaired) electrons. The highest BCUT2D eigenvalue weighted by molar-refractivity contribution is 5.14. The van der Waals surface area contributed by atoms with Crippen LogP contribution in [0.3, 0.4) is 0 Å². The van der Waals surface area contributed by atoms with Gasteiger partial charge in [-0.25, -0.2) is 0 Å². The van der Waals surface area contributed by atoms with Crippen LogP contribution in [0.25, 0.3) is 0 Å². The van der Waals surface area contributed by atoms with Crippen molar-refractivity contribution in [2.24, 2.45) is 0 Å². The second-order valence-corrected chi connectivity index (χ2v) is 3.65. The number of piperidine rings is 1. The van der Waals surface area contributed by atoms with Gasteiger partial charge >= 0.3 is 0 Å². The zero-order valence-electron chi connectivity index (χ0n) is 7.95.